The first-order chi connectivity index (χ1) is 7.83. The molecule has 0 nitrogen and oxygen atoms in total. The third-order valence-corrected chi connectivity index (χ3v) is 11.4. The van der Waals surface area contributed by atoms with Crippen molar-refractivity contribution in [3.05, 3.63) is 36.8 Å². The van der Waals surface area contributed by atoms with Crippen LogP contribution in [-0.4, -0.2) is 8.07 Å². The van der Waals surface area contributed by atoms with Crippen molar-refractivity contribution >= 4 is 13.3 Å². The standard InChI is InChI=1S/C16H27Si.K/c1-12(2)17(13(3)4,14(5)6)16-10-8-15(7)9-11-16;/h8-14H,7H2,1-6H3;/q-1;+1. The van der Waals surface area contributed by atoms with Crippen molar-refractivity contribution in [2.75, 3.05) is 0 Å². The molecule has 96 valence electrons. The molecule has 0 atom stereocenters. The van der Waals surface area contributed by atoms with Crippen molar-refractivity contribution in [1.82, 2.24) is 0 Å². The summed E-state index contributed by atoms with van der Waals surface area (Å²) < 4.78 is 0. The zero-order valence-electron chi connectivity index (χ0n) is 13.2. The van der Waals surface area contributed by atoms with E-state index in [0.717, 1.165) is 22.2 Å². The molecule has 0 amide bonds. The molecule has 0 fully saturated rings. The van der Waals surface area contributed by atoms with Crippen molar-refractivity contribution in [3.63, 3.8) is 0 Å². The Kier molecular flexibility index (Phi) is 8.05. The van der Waals surface area contributed by atoms with E-state index in [1.165, 1.54) is 0 Å². The second-order valence-corrected chi connectivity index (χ2v) is 12.0. The molecule has 0 spiro atoms. The van der Waals surface area contributed by atoms with Crippen LogP contribution < -0.4 is 56.6 Å². The molecular formula is C16H27KSi. The predicted molar refractivity (Wildman–Crippen MR) is 81.6 cm³/mol. The van der Waals surface area contributed by atoms with Gasteiger partial charge in [-0.15, -0.1) is 12.1 Å². The Bertz CT molecular complexity index is 330. The van der Waals surface area contributed by atoms with Crippen LogP contribution in [0.2, 0.25) is 16.6 Å². The molecule has 0 bridgehead atoms. The molecule has 0 aliphatic heterocycles. The van der Waals surface area contributed by atoms with Crippen molar-refractivity contribution in [1.29, 1.82) is 0 Å². The van der Waals surface area contributed by atoms with E-state index in [1.807, 2.05) is 0 Å². The Morgan fingerprint density at radius 1 is 0.778 bits per heavy atom. The van der Waals surface area contributed by atoms with Crippen LogP contribution in [-0.2, 0) is 0 Å². The van der Waals surface area contributed by atoms with E-state index in [0.29, 0.717) is 0 Å². The van der Waals surface area contributed by atoms with Gasteiger partial charge in [-0.2, -0.15) is 24.6 Å². The Hall–Kier alpha value is 0.943. The summed E-state index contributed by atoms with van der Waals surface area (Å²) in [6.07, 6.45) is 0. The van der Waals surface area contributed by atoms with E-state index in [-0.39, 0.29) is 51.4 Å². The maximum absolute atomic E-state index is 3.99. The maximum atomic E-state index is 3.99. The van der Waals surface area contributed by atoms with Gasteiger partial charge in [0.1, 0.15) is 0 Å². The van der Waals surface area contributed by atoms with E-state index >= 15 is 0 Å². The molecule has 2 heteroatoms. The quantitative estimate of drug-likeness (QED) is 0.584. The summed E-state index contributed by atoms with van der Waals surface area (Å²) in [4.78, 5) is 0. The molecule has 0 aliphatic rings. The van der Waals surface area contributed by atoms with Gasteiger partial charge in [-0.3, -0.25) is 0 Å². The molecule has 0 unspecified atom stereocenters. The average Bonchev–Trinajstić information content (AvgIpc) is 2.20. The summed E-state index contributed by atoms with van der Waals surface area (Å²) >= 11 is 0. The Balaban J connectivity index is 0.00000289. The molecule has 0 N–H and O–H groups in total. The van der Waals surface area contributed by atoms with Crippen molar-refractivity contribution in [3.8, 4) is 0 Å². The van der Waals surface area contributed by atoms with Gasteiger partial charge in [0.15, 0.2) is 0 Å². The summed E-state index contributed by atoms with van der Waals surface area (Å²) in [5, 5.41) is 1.60. The Morgan fingerprint density at radius 2 is 1.11 bits per heavy atom. The molecule has 0 saturated heterocycles. The second kappa shape index (κ2) is 7.65. The summed E-state index contributed by atoms with van der Waals surface area (Å²) in [5.74, 6) is 0. The van der Waals surface area contributed by atoms with Crippen LogP contribution in [0.3, 0.4) is 0 Å². The Labute approximate surface area is 157 Å². The van der Waals surface area contributed by atoms with Crippen LogP contribution in [0.25, 0.3) is 0 Å². The number of rotatable bonds is 4. The van der Waals surface area contributed by atoms with Crippen LogP contribution in [0.4, 0.5) is 0 Å². The summed E-state index contributed by atoms with van der Waals surface area (Å²) in [6, 6.07) is 9.00. The zero-order valence-corrected chi connectivity index (χ0v) is 17.4. The van der Waals surface area contributed by atoms with E-state index in [9.17, 15) is 0 Å². The van der Waals surface area contributed by atoms with Gasteiger partial charge in [0, 0.05) is 0 Å². The van der Waals surface area contributed by atoms with Gasteiger partial charge < -0.3 is 0 Å². The minimum Gasteiger partial charge on any atom is -0.199 e. The number of benzene rings is 1. The molecule has 0 radical (unpaired) electrons. The van der Waals surface area contributed by atoms with Crippen LogP contribution >= 0.6 is 0 Å². The number of hydrogen-bond acceptors (Lipinski definition) is 0. The summed E-state index contributed by atoms with van der Waals surface area (Å²) in [5.41, 5.74) is 3.45. The van der Waals surface area contributed by atoms with Crippen LogP contribution in [0.15, 0.2) is 24.3 Å². The van der Waals surface area contributed by atoms with E-state index in [1.54, 1.807) is 5.19 Å². The topological polar surface area (TPSA) is 0 Å². The fourth-order valence-electron chi connectivity index (χ4n) is 3.79. The fraction of sp³-hybridized carbons (Fsp3) is 0.562. The van der Waals surface area contributed by atoms with Gasteiger partial charge in [-0.05, 0) is 16.6 Å². The first-order valence-corrected chi connectivity index (χ1v) is 8.99. The van der Waals surface area contributed by atoms with Crippen LogP contribution in [0, 0.1) is 6.92 Å². The van der Waals surface area contributed by atoms with Crippen molar-refractivity contribution in [2.24, 2.45) is 0 Å². The van der Waals surface area contributed by atoms with E-state index < -0.39 is 8.07 Å². The fourth-order valence-corrected chi connectivity index (χ4v) is 10.5. The minimum absolute atomic E-state index is 0. The molecule has 0 aliphatic carbocycles. The largest absolute Gasteiger partial charge is 1.00 e. The third-order valence-electron chi connectivity index (χ3n) is 4.32. The first-order valence-electron chi connectivity index (χ1n) is 6.76. The molecule has 18 heavy (non-hydrogen) atoms. The molecule has 1 rings (SSSR count). The Morgan fingerprint density at radius 3 is 1.39 bits per heavy atom. The van der Waals surface area contributed by atoms with E-state index in [4.69, 9.17) is 0 Å². The third kappa shape index (κ3) is 3.53. The SMILES string of the molecule is [CH2-]c1ccc([Si](C(C)C)(C(C)C)C(C)C)cc1.[K+]. The maximum Gasteiger partial charge on any atom is 1.00 e. The van der Waals surface area contributed by atoms with Crippen molar-refractivity contribution < 1.29 is 51.4 Å². The summed E-state index contributed by atoms with van der Waals surface area (Å²) in [7, 11) is -1.45. The molecule has 0 saturated carbocycles. The number of hydrogen-bond donors (Lipinski definition) is 0. The van der Waals surface area contributed by atoms with Crippen LogP contribution in [0.5, 0.6) is 0 Å². The molecule has 1 aromatic rings. The van der Waals surface area contributed by atoms with Gasteiger partial charge in [-0.1, -0.05) is 46.7 Å². The molecular weight excluding hydrogens is 259 g/mol. The minimum atomic E-state index is -1.45. The van der Waals surface area contributed by atoms with Gasteiger partial charge >= 0.3 is 51.4 Å². The van der Waals surface area contributed by atoms with Gasteiger partial charge in [-0.25, -0.2) is 0 Å². The van der Waals surface area contributed by atoms with E-state index in [2.05, 4.69) is 72.7 Å². The van der Waals surface area contributed by atoms with Gasteiger partial charge in [0.05, 0.1) is 8.07 Å². The zero-order chi connectivity index (χ0) is 13.2. The van der Waals surface area contributed by atoms with Gasteiger partial charge in [0.25, 0.3) is 0 Å². The monoisotopic (exact) mass is 286 g/mol. The average molecular weight is 287 g/mol. The normalized spacial score (nSPS) is 12.1. The molecule has 0 aromatic heterocycles. The smallest absolute Gasteiger partial charge is 0.199 e. The summed E-state index contributed by atoms with van der Waals surface area (Å²) in [6.45, 7) is 18.4. The molecule has 0 heterocycles. The van der Waals surface area contributed by atoms with Crippen molar-refractivity contribution in [2.45, 2.75) is 58.2 Å². The van der Waals surface area contributed by atoms with Gasteiger partial charge in [0.2, 0.25) is 0 Å². The second-order valence-electron chi connectivity index (χ2n) is 6.09. The van der Waals surface area contributed by atoms with Crippen LogP contribution in [0.1, 0.15) is 47.1 Å². The molecule has 1 aromatic carbocycles. The predicted octanol–water partition coefficient (Wildman–Crippen LogP) is 1.76. The first kappa shape index (κ1) is 18.9.